The Morgan fingerprint density at radius 2 is 2.24 bits per heavy atom. The Hall–Kier alpha value is -1.59. The van der Waals surface area contributed by atoms with Crippen molar-refractivity contribution >= 4 is 5.97 Å². The van der Waals surface area contributed by atoms with E-state index in [1.165, 1.54) is 5.56 Å². The van der Waals surface area contributed by atoms with E-state index in [0.717, 1.165) is 17.7 Å². The largest absolute Gasteiger partial charge is 0.487 e. The number of hydrogen-bond acceptors (Lipinski definition) is 4. The smallest absolute Gasteiger partial charge is 0.317 e. The number of fused-ring (bicyclic) bond motifs is 1. The lowest BCUT2D eigenvalue weighted by atomic mass is 10.0. The zero-order chi connectivity index (χ0) is 15.5. The van der Waals surface area contributed by atoms with Crippen LogP contribution in [-0.4, -0.2) is 48.4 Å². The number of nitrogens with zero attached hydrogens (tertiary/aromatic N) is 1. The van der Waals surface area contributed by atoms with Crippen molar-refractivity contribution < 1.29 is 19.4 Å². The molecule has 0 atom stereocenters. The van der Waals surface area contributed by atoms with E-state index in [1.54, 1.807) is 7.11 Å². The molecule has 1 aliphatic heterocycles. The summed E-state index contributed by atoms with van der Waals surface area (Å²) in [6, 6.07) is 6.08. The van der Waals surface area contributed by atoms with Crippen molar-refractivity contribution in [2.24, 2.45) is 0 Å². The van der Waals surface area contributed by atoms with Crippen molar-refractivity contribution in [2.75, 3.05) is 26.8 Å². The Kier molecular flexibility index (Phi) is 4.85. The third kappa shape index (κ3) is 4.19. The van der Waals surface area contributed by atoms with Crippen LogP contribution in [0.25, 0.3) is 0 Å². The Balaban J connectivity index is 2.14. The van der Waals surface area contributed by atoms with E-state index < -0.39 is 5.97 Å². The molecule has 0 radical (unpaired) electrons. The number of carboxylic acid groups (broad SMARTS) is 1. The van der Waals surface area contributed by atoms with Crippen molar-refractivity contribution in [2.45, 2.75) is 32.4 Å². The molecule has 0 spiro atoms. The zero-order valence-corrected chi connectivity index (χ0v) is 12.9. The van der Waals surface area contributed by atoms with Crippen LogP contribution >= 0.6 is 0 Å². The number of aliphatic carboxylic acids is 1. The first-order valence-electron chi connectivity index (χ1n) is 7.14. The Labute approximate surface area is 125 Å². The van der Waals surface area contributed by atoms with Gasteiger partial charge in [-0.2, -0.15) is 0 Å². The molecule has 5 heteroatoms. The van der Waals surface area contributed by atoms with Crippen molar-refractivity contribution in [3.05, 3.63) is 29.3 Å². The second kappa shape index (κ2) is 6.45. The number of para-hydroxylation sites is 1. The summed E-state index contributed by atoms with van der Waals surface area (Å²) in [5.41, 5.74) is 2.04. The molecule has 1 aliphatic rings. The number of hydrogen-bond donors (Lipinski definition) is 1. The van der Waals surface area contributed by atoms with Crippen LogP contribution in [0.5, 0.6) is 5.75 Å². The highest BCUT2D eigenvalue weighted by Crippen LogP contribution is 2.37. The van der Waals surface area contributed by atoms with Crippen molar-refractivity contribution in [3.63, 3.8) is 0 Å². The van der Waals surface area contributed by atoms with E-state index in [0.29, 0.717) is 19.7 Å². The maximum absolute atomic E-state index is 11.0. The average molecular weight is 293 g/mol. The lowest BCUT2D eigenvalue weighted by Gasteiger charge is -2.22. The Morgan fingerprint density at radius 3 is 2.90 bits per heavy atom. The van der Waals surface area contributed by atoms with Gasteiger partial charge in [-0.3, -0.25) is 9.69 Å². The quantitative estimate of drug-likeness (QED) is 0.832. The van der Waals surface area contributed by atoms with Crippen LogP contribution in [0, 0.1) is 0 Å². The van der Waals surface area contributed by atoms with E-state index in [9.17, 15) is 4.79 Å². The minimum atomic E-state index is -0.833. The van der Waals surface area contributed by atoms with E-state index in [2.05, 4.69) is 19.9 Å². The fourth-order valence-electron chi connectivity index (χ4n) is 2.67. The Morgan fingerprint density at radius 1 is 1.48 bits per heavy atom. The van der Waals surface area contributed by atoms with Gasteiger partial charge in [0.15, 0.2) is 0 Å². The van der Waals surface area contributed by atoms with Crippen molar-refractivity contribution in [3.8, 4) is 5.75 Å². The van der Waals surface area contributed by atoms with Gasteiger partial charge in [-0.05, 0) is 19.4 Å². The number of rotatable bonds is 7. The first-order valence-corrected chi connectivity index (χ1v) is 7.14. The SMILES string of the molecule is COCCN(CC(=O)O)Cc1cccc2c1OC(C)(C)C2. The summed E-state index contributed by atoms with van der Waals surface area (Å²) in [6.07, 6.45) is 0.882. The molecule has 1 heterocycles. The lowest BCUT2D eigenvalue weighted by Crippen LogP contribution is -2.32. The summed E-state index contributed by atoms with van der Waals surface area (Å²) >= 11 is 0. The highest BCUT2D eigenvalue weighted by atomic mass is 16.5. The highest BCUT2D eigenvalue weighted by molar-refractivity contribution is 5.69. The van der Waals surface area contributed by atoms with Crippen LogP contribution in [0.3, 0.4) is 0 Å². The summed E-state index contributed by atoms with van der Waals surface area (Å²) in [4.78, 5) is 12.8. The van der Waals surface area contributed by atoms with E-state index in [1.807, 2.05) is 17.0 Å². The monoisotopic (exact) mass is 293 g/mol. The number of carbonyl (C=O) groups is 1. The van der Waals surface area contributed by atoms with Gasteiger partial charge in [-0.25, -0.2) is 0 Å². The van der Waals surface area contributed by atoms with E-state index in [4.69, 9.17) is 14.6 Å². The van der Waals surface area contributed by atoms with Crippen LogP contribution in [0.15, 0.2) is 18.2 Å². The summed E-state index contributed by atoms with van der Waals surface area (Å²) in [5, 5.41) is 9.02. The van der Waals surface area contributed by atoms with Gasteiger partial charge in [0, 0.05) is 32.2 Å². The average Bonchev–Trinajstić information content (AvgIpc) is 2.70. The topological polar surface area (TPSA) is 59.0 Å². The first-order chi connectivity index (χ1) is 9.91. The summed E-state index contributed by atoms with van der Waals surface area (Å²) < 4.78 is 11.1. The molecular weight excluding hydrogens is 270 g/mol. The summed E-state index contributed by atoms with van der Waals surface area (Å²) in [6.45, 7) is 5.77. The first kappa shape index (κ1) is 15.8. The van der Waals surface area contributed by atoms with Crippen molar-refractivity contribution in [1.29, 1.82) is 0 Å². The molecule has 0 aromatic heterocycles. The van der Waals surface area contributed by atoms with Crippen LogP contribution in [0.4, 0.5) is 0 Å². The fraction of sp³-hybridized carbons (Fsp3) is 0.562. The maximum atomic E-state index is 11.0. The molecule has 0 saturated heterocycles. The van der Waals surface area contributed by atoms with Gasteiger partial charge < -0.3 is 14.6 Å². The second-order valence-electron chi connectivity index (χ2n) is 6.04. The molecule has 0 fully saturated rings. The van der Waals surface area contributed by atoms with Crippen LogP contribution in [0.2, 0.25) is 0 Å². The zero-order valence-electron chi connectivity index (χ0n) is 12.9. The van der Waals surface area contributed by atoms with Gasteiger partial charge in [0.05, 0.1) is 13.2 Å². The third-order valence-electron chi connectivity index (χ3n) is 3.54. The van der Waals surface area contributed by atoms with Gasteiger partial charge in [-0.15, -0.1) is 0 Å². The number of benzene rings is 1. The molecule has 0 bridgehead atoms. The molecule has 0 amide bonds. The van der Waals surface area contributed by atoms with Crippen LogP contribution in [-0.2, 0) is 22.5 Å². The molecule has 21 heavy (non-hydrogen) atoms. The molecule has 0 saturated carbocycles. The highest BCUT2D eigenvalue weighted by Gasteiger charge is 2.31. The van der Waals surface area contributed by atoms with Crippen LogP contribution < -0.4 is 4.74 Å². The number of methoxy groups -OCH3 is 1. The predicted molar refractivity (Wildman–Crippen MR) is 79.6 cm³/mol. The molecule has 1 aromatic rings. The molecule has 1 N–H and O–H groups in total. The third-order valence-corrected chi connectivity index (χ3v) is 3.54. The van der Waals surface area contributed by atoms with Crippen LogP contribution in [0.1, 0.15) is 25.0 Å². The second-order valence-corrected chi connectivity index (χ2v) is 6.04. The summed E-state index contributed by atoms with van der Waals surface area (Å²) in [5.74, 6) is 0.0789. The predicted octanol–water partition coefficient (Wildman–Crippen LogP) is 1.93. The minimum Gasteiger partial charge on any atom is -0.487 e. The van der Waals surface area contributed by atoms with Gasteiger partial charge in [-0.1, -0.05) is 18.2 Å². The number of carboxylic acids is 1. The molecule has 2 rings (SSSR count). The van der Waals surface area contributed by atoms with E-state index >= 15 is 0 Å². The standard InChI is InChI=1S/C16H23NO4/c1-16(2)9-12-5-4-6-13(15(12)21-16)10-17(7-8-20-3)11-14(18)19/h4-6H,7-11H2,1-3H3,(H,18,19). The van der Waals surface area contributed by atoms with Gasteiger partial charge in [0.2, 0.25) is 0 Å². The lowest BCUT2D eigenvalue weighted by molar-refractivity contribution is -0.138. The maximum Gasteiger partial charge on any atom is 0.317 e. The Bertz CT molecular complexity index is 513. The van der Waals surface area contributed by atoms with Gasteiger partial charge >= 0.3 is 5.97 Å². The fourth-order valence-corrected chi connectivity index (χ4v) is 2.67. The van der Waals surface area contributed by atoms with Gasteiger partial charge in [0.1, 0.15) is 11.4 Å². The normalized spacial score (nSPS) is 15.8. The van der Waals surface area contributed by atoms with Gasteiger partial charge in [0.25, 0.3) is 0 Å². The molecule has 1 aromatic carbocycles. The minimum absolute atomic E-state index is 0.00355. The van der Waals surface area contributed by atoms with Crippen molar-refractivity contribution in [1.82, 2.24) is 4.90 Å². The molecule has 5 nitrogen and oxygen atoms in total. The molecule has 0 aliphatic carbocycles. The molecular formula is C16H23NO4. The molecule has 116 valence electrons. The summed E-state index contributed by atoms with van der Waals surface area (Å²) in [7, 11) is 1.62. The molecule has 0 unspecified atom stereocenters. The number of ether oxygens (including phenoxy) is 2. The van der Waals surface area contributed by atoms with E-state index in [-0.39, 0.29) is 12.1 Å².